The lowest BCUT2D eigenvalue weighted by atomic mass is 9.96. The maximum Gasteiger partial charge on any atom is 0.122 e. The van der Waals surface area contributed by atoms with Gasteiger partial charge in [0.25, 0.3) is 0 Å². The van der Waals surface area contributed by atoms with E-state index in [0.717, 1.165) is 6.42 Å². The summed E-state index contributed by atoms with van der Waals surface area (Å²) in [6.07, 6.45) is 5.98. The van der Waals surface area contributed by atoms with Crippen LogP contribution in [0.15, 0.2) is 0 Å². The van der Waals surface area contributed by atoms with Crippen molar-refractivity contribution in [3.8, 4) is 0 Å². The summed E-state index contributed by atoms with van der Waals surface area (Å²) in [6.45, 7) is 2.23. The van der Waals surface area contributed by atoms with Crippen molar-refractivity contribution in [1.82, 2.24) is 0 Å². The zero-order valence-electron chi connectivity index (χ0n) is 8.16. The van der Waals surface area contributed by atoms with Gasteiger partial charge in [-0.05, 0) is 25.7 Å². The number of hydrogen-bond donors (Lipinski definition) is 1. The van der Waals surface area contributed by atoms with Gasteiger partial charge in [0, 0.05) is 16.3 Å². The van der Waals surface area contributed by atoms with Crippen molar-refractivity contribution >= 4 is 23.5 Å². The lowest BCUT2D eigenvalue weighted by Gasteiger charge is -2.45. The molecule has 1 N–H and O–H groups in total. The van der Waals surface area contributed by atoms with Gasteiger partial charge < -0.3 is 5.11 Å². The minimum absolute atomic E-state index is 0.373. The van der Waals surface area contributed by atoms with E-state index in [1.54, 1.807) is 0 Å². The van der Waals surface area contributed by atoms with Gasteiger partial charge in [-0.1, -0.05) is 13.3 Å². The Morgan fingerprint density at radius 1 is 1.46 bits per heavy atom. The predicted octanol–water partition coefficient (Wildman–Crippen LogP) is 2.88. The van der Waals surface area contributed by atoms with Crippen LogP contribution in [-0.2, 0) is 0 Å². The zero-order valence-corrected chi connectivity index (χ0v) is 9.79. The first-order valence-electron chi connectivity index (χ1n) is 5.26. The quantitative estimate of drug-likeness (QED) is 0.731. The molecule has 0 bridgehead atoms. The van der Waals surface area contributed by atoms with Crippen LogP contribution in [0.1, 0.15) is 39.0 Å². The van der Waals surface area contributed by atoms with Gasteiger partial charge in [0.05, 0.1) is 0 Å². The van der Waals surface area contributed by atoms with Crippen LogP contribution in [0.25, 0.3) is 0 Å². The lowest BCUT2D eigenvalue weighted by molar-refractivity contribution is 0.0995. The molecule has 2 fully saturated rings. The van der Waals surface area contributed by atoms with Gasteiger partial charge >= 0.3 is 0 Å². The SMILES string of the molecule is CCC1CSC2CCCCC2(O)S1. The van der Waals surface area contributed by atoms with Crippen molar-refractivity contribution in [2.75, 3.05) is 5.75 Å². The van der Waals surface area contributed by atoms with E-state index in [9.17, 15) is 5.11 Å². The second kappa shape index (κ2) is 4.03. The molecule has 2 aliphatic rings. The lowest BCUT2D eigenvalue weighted by Crippen LogP contribution is -2.45. The van der Waals surface area contributed by atoms with Gasteiger partial charge in [-0.2, -0.15) is 11.8 Å². The fourth-order valence-corrected chi connectivity index (χ4v) is 5.74. The Labute approximate surface area is 89.1 Å². The maximum atomic E-state index is 10.4. The van der Waals surface area contributed by atoms with E-state index in [0.29, 0.717) is 10.5 Å². The Hall–Kier alpha value is 0.660. The summed E-state index contributed by atoms with van der Waals surface area (Å²) in [7, 11) is 0. The first-order chi connectivity index (χ1) is 6.24. The maximum absolute atomic E-state index is 10.4. The third-order valence-electron chi connectivity index (χ3n) is 3.06. The van der Waals surface area contributed by atoms with Crippen molar-refractivity contribution in [1.29, 1.82) is 0 Å². The molecule has 3 atom stereocenters. The largest absolute Gasteiger partial charge is 0.378 e. The molecular weight excluding hydrogens is 200 g/mol. The van der Waals surface area contributed by atoms with Crippen molar-refractivity contribution in [3.05, 3.63) is 0 Å². The van der Waals surface area contributed by atoms with Crippen LogP contribution in [-0.4, -0.2) is 26.3 Å². The third-order valence-corrected chi connectivity index (χ3v) is 6.78. The zero-order chi connectivity index (χ0) is 9.31. The minimum Gasteiger partial charge on any atom is -0.378 e. The highest BCUT2D eigenvalue weighted by Gasteiger charge is 2.44. The summed E-state index contributed by atoms with van der Waals surface area (Å²) in [5, 5.41) is 11.6. The summed E-state index contributed by atoms with van der Waals surface area (Å²) in [4.78, 5) is -0.373. The molecule has 0 aromatic carbocycles. The van der Waals surface area contributed by atoms with Crippen molar-refractivity contribution < 1.29 is 5.11 Å². The van der Waals surface area contributed by atoms with E-state index in [-0.39, 0.29) is 4.93 Å². The van der Waals surface area contributed by atoms with Gasteiger partial charge in [0.1, 0.15) is 4.93 Å². The molecule has 3 unspecified atom stereocenters. The van der Waals surface area contributed by atoms with Crippen LogP contribution in [0.5, 0.6) is 0 Å². The topological polar surface area (TPSA) is 20.2 Å². The Morgan fingerprint density at radius 3 is 3.08 bits per heavy atom. The number of fused-ring (bicyclic) bond motifs is 1. The van der Waals surface area contributed by atoms with E-state index >= 15 is 0 Å². The molecule has 76 valence electrons. The molecule has 1 saturated heterocycles. The molecule has 1 aliphatic heterocycles. The average molecular weight is 218 g/mol. The fraction of sp³-hybridized carbons (Fsp3) is 1.00. The number of hydrogen-bond acceptors (Lipinski definition) is 3. The summed E-state index contributed by atoms with van der Waals surface area (Å²) in [5.41, 5.74) is 0. The van der Waals surface area contributed by atoms with Crippen LogP contribution in [0, 0.1) is 0 Å². The average Bonchev–Trinajstić information content (AvgIpc) is 2.16. The van der Waals surface area contributed by atoms with Crippen molar-refractivity contribution in [2.45, 2.75) is 54.5 Å². The molecule has 13 heavy (non-hydrogen) atoms. The number of thioether (sulfide) groups is 2. The van der Waals surface area contributed by atoms with Crippen LogP contribution < -0.4 is 0 Å². The normalized spacial score (nSPS) is 45.7. The van der Waals surface area contributed by atoms with E-state index in [2.05, 4.69) is 6.92 Å². The summed E-state index contributed by atoms with van der Waals surface area (Å²) in [5.74, 6) is 1.24. The predicted molar refractivity (Wildman–Crippen MR) is 61.3 cm³/mol. The first-order valence-corrected chi connectivity index (χ1v) is 7.19. The van der Waals surface area contributed by atoms with Crippen LogP contribution in [0.2, 0.25) is 0 Å². The molecule has 1 nitrogen and oxygen atoms in total. The van der Waals surface area contributed by atoms with Gasteiger partial charge in [-0.3, -0.25) is 0 Å². The standard InChI is InChI=1S/C10H18OS2/c1-2-8-7-12-9-5-3-4-6-10(9,11)13-8/h8-9,11H,2-7H2,1H3. The molecule has 0 radical (unpaired) electrons. The Balaban J connectivity index is 2.03. The highest BCUT2D eigenvalue weighted by Crippen LogP contribution is 2.50. The molecule has 3 heteroatoms. The Kier molecular flexibility index (Phi) is 3.16. The van der Waals surface area contributed by atoms with Crippen LogP contribution in [0.3, 0.4) is 0 Å². The molecule has 1 aliphatic carbocycles. The van der Waals surface area contributed by atoms with E-state index in [1.807, 2.05) is 23.5 Å². The molecular formula is C10H18OS2. The summed E-state index contributed by atoms with van der Waals surface area (Å²) < 4.78 is 0. The molecule has 0 spiro atoms. The van der Waals surface area contributed by atoms with Gasteiger partial charge in [0.2, 0.25) is 0 Å². The molecule has 0 aromatic heterocycles. The van der Waals surface area contributed by atoms with E-state index in [4.69, 9.17) is 0 Å². The molecule has 0 aromatic rings. The van der Waals surface area contributed by atoms with E-state index in [1.165, 1.54) is 31.4 Å². The Bertz CT molecular complexity index is 186. The smallest absolute Gasteiger partial charge is 0.122 e. The minimum atomic E-state index is -0.373. The van der Waals surface area contributed by atoms with Crippen molar-refractivity contribution in [3.63, 3.8) is 0 Å². The van der Waals surface area contributed by atoms with Crippen LogP contribution >= 0.6 is 23.5 Å². The monoisotopic (exact) mass is 218 g/mol. The van der Waals surface area contributed by atoms with Gasteiger partial charge in [-0.25, -0.2) is 0 Å². The highest BCUT2D eigenvalue weighted by atomic mass is 32.2. The highest BCUT2D eigenvalue weighted by molar-refractivity contribution is 8.07. The second-order valence-corrected chi connectivity index (χ2v) is 6.91. The van der Waals surface area contributed by atoms with Gasteiger partial charge in [-0.15, -0.1) is 11.8 Å². The van der Waals surface area contributed by atoms with Gasteiger partial charge in [0.15, 0.2) is 0 Å². The second-order valence-electron chi connectivity index (χ2n) is 4.06. The third kappa shape index (κ3) is 2.02. The molecule has 2 rings (SSSR count). The summed E-state index contributed by atoms with van der Waals surface area (Å²) in [6, 6.07) is 0. The van der Waals surface area contributed by atoms with Crippen LogP contribution in [0.4, 0.5) is 0 Å². The first kappa shape index (κ1) is 10.2. The van der Waals surface area contributed by atoms with E-state index < -0.39 is 0 Å². The number of aliphatic hydroxyl groups is 1. The van der Waals surface area contributed by atoms with Crippen molar-refractivity contribution in [2.24, 2.45) is 0 Å². The Morgan fingerprint density at radius 2 is 2.31 bits per heavy atom. The fourth-order valence-electron chi connectivity index (χ4n) is 2.19. The molecule has 1 saturated carbocycles. The number of rotatable bonds is 1. The molecule has 1 heterocycles. The molecule has 0 amide bonds. The summed E-state index contributed by atoms with van der Waals surface area (Å²) >= 11 is 3.86.